The van der Waals surface area contributed by atoms with Crippen molar-refractivity contribution >= 4 is 17.6 Å². The van der Waals surface area contributed by atoms with E-state index in [4.69, 9.17) is 21.6 Å². The van der Waals surface area contributed by atoms with Gasteiger partial charge in [0.25, 0.3) is 0 Å². The summed E-state index contributed by atoms with van der Waals surface area (Å²) in [5, 5.41) is 8.90. The number of carbonyl (C=O) groups excluding carboxylic acids is 1. The van der Waals surface area contributed by atoms with Gasteiger partial charge in [-0.05, 0) is 24.6 Å². The van der Waals surface area contributed by atoms with Crippen molar-refractivity contribution in [2.45, 2.75) is 12.8 Å². The van der Waals surface area contributed by atoms with E-state index in [9.17, 15) is 9.18 Å². The summed E-state index contributed by atoms with van der Waals surface area (Å²) >= 11 is 5.57. The summed E-state index contributed by atoms with van der Waals surface area (Å²) in [6.07, 6.45) is 0. The van der Waals surface area contributed by atoms with Crippen molar-refractivity contribution in [3.05, 3.63) is 34.6 Å². The van der Waals surface area contributed by atoms with E-state index in [1.165, 1.54) is 0 Å². The summed E-state index contributed by atoms with van der Waals surface area (Å²) < 4.78 is 17.9. The zero-order chi connectivity index (χ0) is 12.1. The number of nitriles is 1. The number of benzene rings is 1. The maximum Gasteiger partial charge on any atom is 0.339 e. The smallest absolute Gasteiger partial charge is 0.339 e. The van der Waals surface area contributed by atoms with Gasteiger partial charge in [-0.25, -0.2) is 9.18 Å². The molecule has 3 nitrogen and oxygen atoms in total. The van der Waals surface area contributed by atoms with Crippen LogP contribution in [0.5, 0.6) is 0 Å². The van der Waals surface area contributed by atoms with Gasteiger partial charge in [-0.2, -0.15) is 5.26 Å². The molecule has 0 spiro atoms. The third kappa shape index (κ3) is 2.50. The van der Waals surface area contributed by atoms with Crippen LogP contribution in [-0.4, -0.2) is 12.6 Å². The summed E-state index contributed by atoms with van der Waals surface area (Å²) in [5.74, 6) is -1.37. The molecule has 1 aromatic rings. The lowest BCUT2D eigenvalue weighted by atomic mass is 10.0. The molecule has 0 fully saturated rings. The Morgan fingerprint density at radius 2 is 2.31 bits per heavy atom. The number of hydrogen-bond acceptors (Lipinski definition) is 3. The van der Waals surface area contributed by atoms with Gasteiger partial charge in [-0.15, -0.1) is 11.6 Å². The van der Waals surface area contributed by atoms with Gasteiger partial charge in [0.15, 0.2) is 0 Å². The van der Waals surface area contributed by atoms with E-state index < -0.39 is 11.8 Å². The number of hydrogen-bond donors (Lipinski definition) is 0. The number of carbonyl (C=O) groups is 1. The molecule has 1 rings (SSSR count). The molecular weight excluding hydrogens is 233 g/mol. The number of ether oxygens (including phenoxy) is 1. The van der Waals surface area contributed by atoms with Gasteiger partial charge < -0.3 is 4.74 Å². The minimum absolute atomic E-state index is 0.0347. The number of nitrogens with zero attached hydrogens (tertiary/aromatic N) is 1. The average molecular weight is 242 g/mol. The lowest BCUT2D eigenvalue weighted by Gasteiger charge is -2.07. The minimum atomic E-state index is -0.718. The molecule has 0 aliphatic heterocycles. The molecule has 0 atom stereocenters. The van der Waals surface area contributed by atoms with Crippen molar-refractivity contribution in [1.29, 1.82) is 5.26 Å². The average Bonchev–Trinajstić information content (AvgIpc) is 2.28. The monoisotopic (exact) mass is 241 g/mol. The summed E-state index contributed by atoms with van der Waals surface area (Å²) in [7, 11) is 0. The van der Waals surface area contributed by atoms with Crippen LogP contribution in [0.4, 0.5) is 4.39 Å². The van der Waals surface area contributed by atoms with Crippen LogP contribution in [0.15, 0.2) is 12.1 Å². The molecular formula is C11H9ClFNO2. The zero-order valence-corrected chi connectivity index (χ0v) is 9.34. The summed E-state index contributed by atoms with van der Waals surface area (Å²) in [6, 6.07) is 3.94. The molecule has 0 saturated heterocycles. The van der Waals surface area contributed by atoms with Crippen molar-refractivity contribution in [3.8, 4) is 6.07 Å². The third-order valence-corrected chi connectivity index (χ3v) is 2.22. The fourth-order valence-corrected chi connectivity index (χ4v) is 1.48. The van der Waals surface area contributed by atoms with Gasteiger partial charge in [-0.1, -0.05) is 0 Å². The number of halogens is 2. The minimum Gasteiger partial charge on any atom is -0.462 e. The molecule has 0 unspecified atom stereocenters. The van der Waals surface area contributed by atoms with E-state index >= 15 is 0 Å². The molecule has 84 valence electrons. The van der Waals surface area contributed by atoms with E-state index in [1.807, 2.05) is 6.07 Å². The van der Waals surface area contributed by atoms with Crippen molar-refractivity contribution in [1.82, 2.24) is 0 Å². The molecule has 0 aliphatic rings. The topological polar surface area (TPSA) is 50.1 Å². The molecule has 0 radical (unpaired) electrons. The largest absolute Gasteiger partial charge is 0.462 e. The highest BCUT2D eigenvalue weighted by Gasteiger charge is 2.17. The Bertz CT molecular complexity index is 454. The Hall–Kier alpha value is -1.60. The first-order chi connectivity index (χ1) is 7.63. The molecule has 0 heterocycles. The molecule has 0 aromatic heterocycles. The van der Waals surface area contributed by atoms with Crippen LogP contribution in [0.2, 0.25) is 0 Å². The molecule has 0 amide bonds. The summed E-state index contributed by atoms with van der Waals surface area (Å²) in [6.45, 7) is 1.79. The van der Waals surface area contributed by atoms with E-state index in [0.29, 0.717) is 0 Å². The van der Waals surface area contributed by atoms with Crippen LogP contribution in [0.25, 0.3) is 0 Å². The van der Waals surface area contributed by atoms with Crippen LogP contribution in [0.1, 0.15) is 28.4 Å². The molecule has 5 heteroatoms. The van der Waals surface area contributed by atoms with Crippen LogP contribution >= 0.6 is 11.6 Å². The first-order valence-corrected chi connectivity index (χ1v) is 5.13. The predicted molar refractivity (Wildman–Crippen MR) is 56.6 cm³/mol. The lowest BCUT2D eigenvalue weighted by molar-refractivity contribution is 0.0525. The van der Waals surface area contributed by atoms with E-state index in [1.54, 1.807) is 6.92 Å². The maximum atomic E-state index is 13.2. The highest BCUT2D eigenvalue weighted by Crippen LogP contribution is 2.19. The predicted octanol–water partition coefficient (Wildman–Crippen LogP) is 2.61. The van der Waals surface area contributed by atoms with E-state index in [2.05, 4.69) is 0 Å². The fraction of sp³-hybridized carbons (Fsp3) is 0.273. The van der Waals surface area contributed by atoms with Crippen LogP contribution in [-0.2, 0) is 10.6 Å². The Morgan fingerprint density at radius 3 is 2.81 bits per heavy atom. The Balaban J connectivity index is 3.32. The zero-order valence-electron chi connectivity index (χ0n) is 8.59. The van der Waals surface area contributed by atoms with E-state index in [-0.39, 0.29) is 29.2 Å². The van der Waals surface area contributed by atoms with Crippen molar-refractivity contribution in [2.75, 3.05) is 6.61 Å². The second-order valence-electron chi connectivity index (χ2n) is 2.95. The van der Waals surface area contributed by atoms with Crippen LogP contribution in [0.3, 0.4) is 0 Å². The van der Waals surface area contributed by atoms with E-state index in [0.717, 1.165) is 12.1 Å². The van der Waals surface area contributed by atoms with Crippen LogP contribution < -0.4 is 0 Å². The first kappa shape index (κ1) is 12.5. The van der Waals surface area contributed by atoms with Gasteiger partial charge in [0, 0.05) is 5.88 Å². The van der Waals surface area contributed by atoms with Crippen molar-refractivity contribution < 1.29 is 13.9 Å². The maximum absolute atomic E-state index is 13.2. The van der Waals surface area contributed by atoms with Gasteiger partial charge in [0.05, 0.1) is 17.7 Å². The van der Waals surface area contributed by atoms with Gasteiger partial charge >= 0.3 is 5.97 Å². The van der Waals surface area contributed by atoms with Crippen molar-refractivity contribution in [3.63, 3.8) is 0 Å². The third-order valence-electron chi connectivity index (χ3n) is 1.94. The summed E-state index contributed by atoms with van der Waals surface area (Å²) in [5.41, 5.74) is 0.266. The first-order valence-electron chi connectivity index (χ1n) is 4.59. The normalized spacial score (nSPS) is 9.62. The quantitative estimate of drug-likeness (QED) is 0.604. The molecule has 1 aromatic carbocycles. The second-order valence-corrected chi connectivity index (χ2v) is 3.22. The highest BCUT2D eigenvalue weighted by atomic mass is 35.5. The van der Waals surface area contributed by atoms with Gasteiger partial charge in [0.1, 0.15) is 11.9 Å². The number of esters is 1. The Labute approximate surface area is 97.4 Å². The highest BCUT2D eigenvalue weighted by molar-refractivity contribution is 6.17. The molecule has 0 N–H and O–H groups in total. The molecule has 0 saturated carbocycles. The molecule has 0 bridgehead atoms. The Morgan fingerprint density at radius 1 is 1.62 bits per heavy atom. The lowest BCUT2D eigenvalue weighted by Crippen LogP contribution is -2.09. The second kappa shape index (κ2) is 5.47. The summed E-state index contributed by atoms with van der Waals surface area (Å²) in [4.78, 5) is 11.5. The number of rotatable bonds is 3. The van der Waals surface area contributed by atoms with Gasteiger partial charge in [-0.3, -0.25) is 0 Å². The molecule has 16 heavy (non-hydrogen) atoms. The Kier molecular flexibility index (Phi) is 4.27. The SMILES string of the molecule is CCOC(=O)c1cc(F)cc(CCl)c1C#N. The standard InChI is InChI=1S/C11H9ClFNO2/c1-2-16-11(15)9-4-8(13)3-7(5-12)10(9)6-14/h3-4H,2,5H2,1H3. The van der Waals surface area contributed by atoms with Crippen molar-refractivity contribution in [2.24, 2.45) is 0 Å². The fourth-order valence-electron chi connectivity index (χ4n) is 1.27. The molecule has 0 aliphatic carbocycles. The number of alkyl halides is 1. The van der Waals surface area contributed by atoms with Crippen LogP contribution in [0, 0.1) is 17.1 Å². The van der Waals surface area contributed by atoms with Gasteiger partial charge in [0.2, 0.25) is 0 Å².